The molecular formula is C15H19F3N4. The SMILES string of the molecule is FC(F)(F)c1cnc(N(CC2CC2)[C@@H]2C[C@H]3CN[C@H]2C3)cn1. The van der Waals surface area contributed by atoms with E-state index in [1.165, 1.54) is 25.5 Å². The number of piperidine rings is 1. The van der Waals surface area contributed by atoms with Crippen molar-refractivity contribution in [2.45, 2.75) is 43.9 Å². The van der Waals surface area contributed by atoms with E-state index in [0.29, 0.717) is 29.7 Å². The number of alkyl halides is 3. The van der Waals surface area contributed by atoms with Crippen molar-refractivity contribution in [1.82, 2.24) is 15.3 Å². The predicted octanol–water partition coefficient (Wildman–Crippen LogP) is 2.46. The zero-order chi connectivity index (χ0) is 15.3. The van der Waals surface area contributed by atoms with Crippen LogP contribution in [0.5, 0.6) is 0 Å². The number of aromatic nitrogens is 2. The number of hydrogen-bond donors (Lipinski definition) is 1. The number of fused-ring (bicyclic) bond motifs is 2. The van der Waals surface area contributed by atoms with Crippen molar-refractivity contribution in [1.29, 1.82) is 0 Å². The van der Waals surface area contributed by atoms with Crippen molar-refractivity contribution in [3.8, 4) is 0 Å². The lowest BCUT2D eigenvalue weighted by Gasteiger charge is -2.36. The van der Waals surface area contributed by atoms with E-state index in [-0.39, 0.29) is 0 Å². The number of anilines is 1. The van der Waals surface area contributed by atoms with Gasteiger partial charge in [0, 0.05) is 18.6 Å². The molecule has 3 atom stereocenters. The summed E-state index contributed by atoms with van der Waals surface area (Å²) >= 11 is 0. The van der Waals surface area contributed by atoms with E-state index in [4.69, 9.17) is 0 Å². The lowest BCUT2D eigenvalue weighted by Crippen LogP contribution is -2.49. The summed E-state index contributed by atoms with van der Waals surface area (Å²) < 4.78 is 37.9. The standard InChI is InChI=1S/C15H19F3N4/c16-15(17,18)13-6-21-14(7-20-13)22(8-9-1-2-9)12-4-10-3-11(12)19-5-10/h6-7,9-12,19H,1-5,8H2/t10-,11-,12+/m0/s1. The fourth-order valence-electron chi connectivity index (χ4n) is 3.76. The smallest absolute Gasteiger partial charge is 0.351 e. The zero-order valence-electron chi connectivity index (χ0n) is 12.2. The Morgan fingerprint density at radius 3 is 2.50 bits per heavy atom. The molecule has 1 N–H and O–H groups in total. The van der Waals surface area contributed by atoms with Crippen LogP contribution in [-0.2, 0) is 6.18 Å². The van der Waals surface area contributed by atoms with Gasteiger partial charge in [-0.2, -0.15) is 13.2 Å². The maximum atomic E-state index is 12.6. The van der Waals surface area contributed by atoms with E-state index >= 15 is 0 Å². The van der Waals surface area contributed by atoms with E-state index in [1.807, 2.05) is 0 Å². The van der Waals surface area contributed by atoms with Crippen LogP contribution in [0.4, 0.5) is 19.0 Å². The third kappa shape index (κ3) is 2.66. The Morgan fingerprint density at radius 2 is 2.00 bits per heavy atom. The predicted molar refractivity (Wildman–Crippen MR) is 75.4 cm³/mol. The first-order chi connectivity index (χ1) is 10.5. The Bertz CT molecular complexity index is 541. The molecule has 0 amide bonds. The molecule has 22 heavy (non-hydrogen) atoms. The highest BCUT2D eigenvalue weighted by Crippen LogP contribution is 2.39. The normalized spacial score (nSPS) is 30.8. The van der Waals surface area contributed by atoms with Gasteiger partial charge >= 0.3 is 6.18 Å². The first-order valence-electron chi connectivity index (χ1n) is 7.90. The van der Waals surface area contributed by atoms with Crippen molar-refractivity contribution < 1.29 is 13.2 Å². The Kier molecular flexibility index (Phi) is 3.29. The molecule has 120 valence electrons. The van der Waals surface area contributed by atoms with Gasteiger partial charge in [0.25, 0.3) is 0 Å². The lowest BCUT2D eigenvalue weighted by molar-refractivity contribution is -0.141. The third-order valence-corrected chi connectivity index (χ3v) is 5.07. The van der Waals surface area contributed by atoms with E-state index in [9.17, 15) is 13.2 Å². The van der Waals surface area contributed by atoms with Gasteiger partial charge < -0.3 is 10.2 Å². The van der Waals surface area contributed by atoms with Gasteiger partial charge in [0.05, 0.1) is 12.4 Å². The quantitative estimate of drug-likeness (QED) is 0.927. The van der Waals surface area contributed by atoms with Crippen molar-refractivity contribution in [3.63, 3.8) is 0 Å². The first-order valence-corrected chi connectivity index (χ1v) is 7.90. The maximum Gasteiger partial charge on any atom is 0.434 e. The number of halogens is 3. The Labute approximate surface area is 127 Å². The molecule has 0 radical (unpaired) electrons. The lowest BCUT2D eigenvalue weighted by atomic mass is 10.1. The molecule has 4 rings (SSSR count). The molecule has 3 fully saturated rings. The van der Waals surface area contributed by atoms with E-state index in [0.717, 1.165) is 25.7 Å². The molecule has 1 aromatic rings. The number of nitrogens with one attached hydrogen (secondary N) is 1. The van der Waals surface area contributed by atoms with Crippen molar-refractivity contribution in [2.75, 3.05) is 18.0 Å². The number of hydrogen-bond acceptors (Lipinski definition) is 4. The Morgan fingerprint density at radius 1 is 1.18 bits per heavy atom. The van der Waals surface area contributed by atoms with Gasteiger partial charge in [-0.3, -0.25) is 0 Å². The molecule has 0 spiro atoms. The molecule has 2 bridgehead atoms. The number of rotatable bonds is 4. The van der Waals surface area contributed by atoms with Gasteiger partial charge in [0.1, 0.15) is 5.82 Å². The molecule has 2 saturated carbocycles. The fourth-order valence-corrected chi connectivity index (χ4v) is 3.76. The van der Waals surface area contributed by atoms with Crippen molar-refractivity contribution in [2.24, 2.45) is 11.8 Å². The number of nitrogens with zero attached hydrogens (tertiary/aromatic N) is 3. The molecule has 0 aromatic carbocycles. The third-order valence-electron chi connectivity index (χ3n) is 5.07. The van der Waals surface area contributed by atoms with Gasteiger partial charge in [-0.25, -0.2) is 9.97 Å². The van der Waals surface area contributed by atoms with Crippen LogP contribution in [0.3, 0.4) is 0 Å². The average molecular weight is 312 g/mol. The van der Waals surface area contributed by atoms with Gasteiger partial charge in [-0.15, -0.1) is 0 Å². The van der Waals surface area contributed by atoms with Crippen LogP contribution in [0.15, 0.2) is 12.4 Å². The highest BCUT2D eigenvalue weighted by atomic mass is 19.4. The van der Waals surface area contributed by atoms with Crippen LogP contribution in [0, 0.1) is 11.8 Å². The highest BCUT2D eigenvalue weighted by molar-refractivity contribution is 5.40. The van der Waals surface area contributed by atoms with Crippen LogP contribution in [-0.4, -0.2) is 35.1 Å². The maximum absolute atomic E-state index is 12.6. The Balaban J connectivity index is 1.57. The van der Waals surface area contributed by atoms with Gasteiger partial charge in [0.2, 0.25) is 0 Å². The van der Waals surface area contributed by atoms with Crippen LogP contribution in [0.25, 0.3) is 0 Å². The average Bonchev–Trinajstić information content (AvgIpc) is 3.06. The molecule has 2 heterocycles. The molecular weight excluding hydrogens is 293 g/mol. The van der Waals surface area contributed by atoms with E-state index in [1.54, 1.807) is 0 Å². The second-order valence-electron chi connectivity index (χ2n) is 6.77. The second-order valence-corrected chi connectivity index (χ2v) is 6.77. The van der Waals surface area contributed by atoms with Crippen LogP contribution in [0.2, 0.25) is 0 Å². The molecule has 2 aliphatic carbocycles. The van der Waals surface area contributed by atoms with Crippen molar-refractivity contribution >= 4 is 5.82 Å². The molecule has 0 unspecified atom stereocenters. The molecule has 1 saturated heterocycles. The van der Waals surface area contributed by atoms with Gasteiger partial charge in [-0.05, 0) is 44.1 Å². The Hall–Kier alpha value is -1.37. The van der Waals surface area contributed by atoms with E-state index < -0.39 is 11.9 Å². The first kappa shape index (κ1) is 14.2. The monoisotopic (exact) mass is 312 g/mol. The van der Waals surface area contributed by atoms with Crippen LogP contribution >= 0.6 is 0 Å². The summed E-state index contributed by atoms with van der Waals surface area (Å²) in [6, 6.07) is 0.776. The molecule has 1 aromatic heterocycles. The van der Waals surface area contributed by atoms with Crippen LogP contribution in [0.1, 0.15) is 31.4 Å². The molecule has 7 heteroatoms. The molecule has 3 aliphatic rings. The summed E-state index contributed by atoms with van der Waals surface area (Å²) in [5.41, 5.74) is -0.923. The minimum Gasteiger partial charge on any atom is -0.351 e. The topological polar surface area (TPSA) is 41.1 Å². The molecule has 4 nitrogen and oxygen atoms in total. The minimum atomic E-state index is -4.43. The highest BCUT2D eigenvalue weighted by Gasteiger charge is 2.44. The summed E-state index contributed by atoms with van der Waals surface area (Å²) in [5.74, 6) is 1.93. The zero-order valence-corrected chi connectivity index (χ0v) is 12.2. The molecule has 1 aliphatic heterocycles. The fraction of sp³-hybridized carbons (Fsp3) is 0.733. The van der Waals surface area contributed by atoms with Gasteiger partial charge in [-0.1, -0.05) is 0 Å². The summed E-state index contributed by atoms with van der Waals surface area (Å²) in [5, 5.41) is 3.52. The summed E-state index contributed by atoms with van der Waals surface area (Å²) in [6.45, 7) is 1.95. The second kappa shape index (κ2) is 5.08. The summed E-state index contributed by atoms with van der Waals surface area (Å²) in [4.78, 5) is 9.85. The minimum absolute atomic E-state index is 0.338. The van der Waals surface area contributed by atoms with Gasteiger partial charge in [0.15, 0.2) is 5.69 Å². The van der Waals surface area contributed by atoms with Crippen LogP contribution < -0.4 is 10.2 Å². The van der Waals surface area contributed by atoms with Crippen molar-refractivity contribution in [3.05, 3.63) is 18.1 Å². The largest absolute Gasteiger partial charge is 0.434 e. The summed E-state index contributed by atoms with van der Waals surface area (Å²) in [7, 11) is 0. The van der Waals surface area contributed by atoms with E-state index in [2.05, 4.69) is 20.2 Å². The summed E-state index contributed by atoms with van der Waals surface area (Å²) in [6.07, 6.45) is 2.40.